The molecule has 2 aromatic rings. The van der Waals surface area contributed by atoms with Crippen LogP contribution in [0, 0.1) is 5.92 Å². The quantitative estimate of drug-likeness (QED) is 0.593. The van der Waals surface area contributed by atoms with Crippen LogP contribution in [0.2, 0.25) is 5.02 Å². The van der Waals surface area contributed by atoms with Gasteiger partial charge in [0.1, 0.15) is 0 Å². The highest BCUT2D eigenvalue weighted by Crippen LogP contribution is 2.52. The molecule has 4 rings (SSSR count). The molecular formula is C24H28ClNO. The third kappa shape index (κ3) is 3.65. The predicted octanol–water partition coefficient (Wildman–Crippen LogP) is 5.63. The van der Waals surface area contributed by atoms with Gasteiger partial charge in [-0.3, -0.25) is 4.79 Å². The van der Waals surface area contributed by atoms with Crippen molar-refractivity contribution >= 4 is 18.0 Å². The van der Waals surface area contributed by atoms with Crippen molar-refractivity contribution < 1.29 is 4.79 Å². The summed E-state index contributed by atoms with van der Waals surface area (Å²) in [6.07, 6.45) is 9.27. The fraction of sp³-hybridized carbons (Fsp3) is 0.458. The zero-order valence-electron chi connectivity index (χ0n) is 15.8. The van der Waals surface area contributed by atoms with Crippen LogP contribution in [-0.2, 0) is 16.6 Å². The Morgan fingerprint density at radius 2 is 1.78 bits per heavy atom. The lowest BCUT2D eigenvalue weighted by molar-refractivity contribution is -0.127. The van der Waals surface area contributed by atoms with Crippen molar-refractivity contribution in [1.29, 1.82) is 0 Å². The number of rotatable bonds is 6. The number of hydrogen-bond acceptors (Lipinski definition) is 1. The Morgan fingerprint density at radius 1 is 1.04 bits per heavy atom. The Labute approximate surface area is 167 Å². The van der Waals surface area contributed by atoms with Crippen molar-refractivity contribution in [2.45, 2.75) is 56.4 Å². The Hall–Kier alpha value is -1.80. The van der Waals surface area contributed by atoms with Gasteiger partial charge in [0.05, 0.1) is 0 Å². The highest BCUT2D eigenvalue weighted by molar-refractivity contribution is 6.30. The van der Waals surface area contributed by atoms with Gasteiger partial charge in [-0.1, -0.05) is 60.5 Å². The van der Waals surface area contributed by atoms with Crippen LogP contribution in [0.5, 0.6) is 0 Å². The second-order valence-corrected chi connectivity index (χ2v) is 8.67. The van der Waals surface area contributed by atoms with Crippen molar-refractivity contribution in [3.05, 3.63) is 70.7 Å². The molecular weight excluding hydrogens is 354 g/mol. The lowest BCUT2D eigenvalue weighted by Gasteiger charge is -2.56. The lowest BCUT2D eigenvalue weighted by Crippen LogP contribution is -2.59. The molecule has 3 heteroatoms. The van der Waals surface area contributed by atoms with Crippen molar-refractivity contribution in [3.63, 3.8) is 0 Å². The number of carbonyl (C=O) groups excluding carboxylic acids is 1. The lowest BCUT2D eigenvalue weighted by atomic mass is 9.55. The van der Waals surface area contributed by atoms with Gasteiger partial charge in [-0.25, -0.2) is 0 Å². The third-order valence-electron chi connectivity index (χ3n) is 6.81. The van der Waals surface area contributed by atoms with E-state index in [0.717, 1.165) is 37.2 Å². The van der Waals surface area contributed by atoms with E-state index in [1.807, 2.05) is 12.1 Å². The molecule has 1 amide bonds. The third-order valence-corrected chi connectivity index (χ3v) is 7.06. The van der Waals surface area contributed by atoms with Gasteiger partial charge in [0, 0.05) is 23.0 Å². The highest BCUT2D eigenvalue weighted by atomic mass is 35.5. The summed E-state index contributed by atoms with van der Waals surface area (Å²) in [5.41, 5.74) is 2.86. The van der Waals surface area contributed by atoms with Gasteiger partial charge < -0.3 is 4.90 Å². The van der Waals surface area contributed by atoms with E-state index in [1.165, 1.54) is 36.8 Å². The maximum absolute atomic E-state index is 12.0. The fourth-order valence-electron chi connectivity index (χ4n) is 5.38. The molecule has 0 radical (unpaired) electrons. The first-order valence-electron chi connectivity index (χ1n) is 10.2. The molecule has 0 bridgehead atoms. The minimum atomic E-state index is 0.104. The van der Waals surface area contributed by atoms with E-state index in [2.05, 4.69) is 47.4 Å². The minimum absolute atomic E-state index is 0.104. The normalized spacial score (nSPS) is 24.3. The number of hydrogen-bond donors (Lipinski definition) is 0. The molecule has 0 aromatic heterocycles. The number of piperidine rings is 1. The van der Waals surface area contributed by atoms with Gasteiger partial charge in [-0.2, -0.15) is 0 Å². The topological polar surface area (TPSA) is 20.3 Å². The van der Waals surface area contributed by atoms with Gasteiger partial charge in [0.25, 0.3) is 0 Å². The predicted molar refractivity (Wildman–Crippen MR) is 111 cm³/mol. The second-order valence-electron chi connectivity index (χ2n) is 8.23. The molecule has 27 heavy (non-hydrogen) atoms. The zero-order valence-corrected chi connectivity index (χ0v) is 16.6. The van der Waals surface area contributed by atoms with Crippen LogP contribution >= 0.6 is 11.6 Å². The SMILES string of the molecule is O=CN1CCCC(CCc2ccccc2)C1C1(c2ccc(Cl)cc2)CCC1. The summed E-state index contributed by atoms with van der Waals surface area (Å²) < 4.78 is 0. The van der Waals surface area contributed by atoms with Crippen LogP contribution in [0.25, 0.3) is 0 Å². The molecule has 1 saturated carbocycles. The fourth-order valence-corrected chi connectivity index (χ4v) is 5.51. The van der Waals surface area contributed by atoms with E-state index in [1.54, 1.807) is 0 Å². The van der Waals surface area contributed by atoms with E-state index in [9.17, 15) is 4.79 Å². The summed E-state index contributed by atoms with van der Waals surface area (Å²) >= 11 is 6.14. The molecule has 0 spiro atoms. The molecule has 142 valence electrons. The molecule has 2 fully saturated rings. The van der Waals surface area contributed by atoms with Crippen molar-refractivity contribution in [1.82, 2.24) is 4.90 Å². The van der Waals surface area contributed by atoms with Gasteiger partial charge in [-0.15, -0.1) is 0 Å². The first-order chi connectivity index (χ1) is 13.2. The Kier molecular flexibility index (Phi) is 5.54. The van der Waals surface area contributed by atoms with E-state index >= 15 is 0 Å². The van der Waals surface area contributed by atoms with Crippen molar-refractivity contribution in [2.75, 3.05) is 6.54 Å². The van der Waals surface area contributed by atoms with Gasteiger partial charge in [-0.05, 0) is 67.7 Å². The number of aryl methyl sites for hydroxylation is 1. The molecule has 0 N–H and O–H groups in total. The smallest absolute Gasteiger partial charge is 0.209 e. The molecule has 2 atom stereocenters. The van der Waals surface area contributed by atoms with Gasteiger partial charge in [0.2, 0.25) is 6.41 Å². The van der Waals surface area contributed by atoms with Gasteiger partial charge in [0.15, 0.2) is 0 Å². The minimum Gasteiger partial charge on any atom is -0.341 e. The first kappa shape index (κ1) is 18.6. The summed E-state index contributed by atoms with van der Waals surface area (Å²) in [5.74, 6) is 0.556. The van der Waals surface area contributed by atoms with Crippen LogP contribution in [0.15, 0.2) is 54.6 Å². The van der Waals surface area contributed by atoms with Crippen LogP contribution < -0.4 is 0 Å². The monoisotopic (exact) mass is 381 g/mol. The zero-order chi connectivity index (χ0) is 18.7. The molecule has 1 aliphatic heterocycles. The standard InChI is InChI=1S/C24H28ClNO/c25-22-13-11-21(12-14-22)24(15-5-16-24)23-20(8-4-17-26(23)18-27)10-9-19-6-2-1-3-7-19/h1-3,6-7,11-14,18,20,23H,4-5,8-10,15-17H2. The number of halogens is 1. The van der Waals surface area contributed by atoms with Crippen LogP contribution in [-0.4, -0.2) is 23.9 Å². The van der Waals surface area contributed by atoms with E-state index < -0.39 is 0 Å². The molecule has 2 aliphatic rings. The average molecular weight is 382 g/mol. The molecule has 2 nitrogen and oxygen atoms in total. The Bertz CT molecular complexity index is 754. The molecule has 1 saturated heterocycles. The second kappa shape index (κ2) is 8.06. The number of amides is 1. The maximum Gasteiger partial charge on any atom is 0.209 e. The number of likely N-dealkylation sites (tertiary alicyclic amines) is 1. The van der Waals surface area contributed by atoms with Crippen LogP contribution in [0.3, 0.4) is 0 Å². The molecule has 1 heterocycles. The van der Waals surface area contributed by atoms with E-state index in [-0.39, 0.29) is 5.41 Å². The maximum atomic E-state index is 12.0. The molecule has 2 aromatic carbocycles. The number of benzene rings is 2. The Morgan fingerprint density at radius 3 is 2.41 bits per heavy atom. The highest BCUT2D eigenvalue weighted by Gasteiger charge is 2.51. The number of carbonyl (C=O) groups is 1. The number of nitrogens with zero attached hydrogens (tertiary/aromatic N) is 1. The molecule has 1 aliphatic carbocycles. The van der Waals surface area contributed by atoms with Crippen LogP contribution in [0.4, 0.5) is 0 Å². The largest absolute Gasteiger partial charge is 0.341 e. The average Bonchev–Trinajstić information content (AvgIpc) is 2.68. The van der Waals surface area contributed by atoms with Gasteiger partial charge >= 0.3 is 0 Å². The summed E-state index contributed by atoms with van der Waals surface area (Å²) in [6.45, 7) is 0.894. The summed E-state index contributed by atoms with van der Waals surface area (Å²) in [5, 5.41) is 0.782. The van der Waals surface area contributed by atoms with Crippen LogP contribution in [0.1, 0.15) is 49.7 Å². The molecule has 2 unspecified atom stereocenters. The van der Waals surface area contributed by atoms with E-state index in [4.69, 9.17) is 11.6 Å². The van der Waals surface area contributed by atoms with Crippen molar-refractivity contribution in [2.24, 2.45) is 5.92 Å². The summed E-state index contributed by atoms with van der Waals surface area (Å²) in [7, 11) is 0. The van der Waals surface area contributed by atoms with Crippen molar-refractivity contribution in [3.8, 4) is 0 Å². The summed E-state index contributed by atoms with van der Waals surface area (Å²) in [6, 6.07) is 19.4. The summed E-state index contributed by atoms with van der Waals surface area (Å²) in [4.78, 5) is 14.1. The Balaban J connectivity index is 1.62. The van der Waals surface area contributed by atoms with E-state index in [0.29, 0.717) is 12.0 Å². The first-order valence-corrected chi connectivity index (χ1v) is 10.6.